The summed E-state index contributed by atoms with van der Waals surface area (Å²) in [6, 6.07) is 1.98. The SMILES string of the molecule is Cc1nc(C(F)(F)F)ccc1C(=O)N1CC(O)C2(CC2)C1. The molecule has 2 heterocycles. The summed E-state index contributed by atoms with van der Waals surface area (Å²) >= 11 is 0. The van der Waals surface area contributed by atoms with Gasteiger partial charge in [-0.1, -0.05) is 0 Å². The molecule has 1 unspecified atom stereocenters. The number of nitrogens with zero attached hydrogens (tertiary/aromatic N) is 2. The number of β-amino-alcohol motifs (C(OH)–C–C–N with tert-alkyl or cyclic N) is 1. The molecule has 1 saturated carbocycles. The van der Waals surface area contributed by atoms with Gasteiger partial charge in [-0.05, 0) is 31.9 Å². The highest BCUT2D eigenvalue weighted by Gasteiger charge is 2.55. The molecule has 7 heteroatoms. The van der Waals surface area contributed by atoms with Gasteiger partial charge in [0.2, 0.25) is 0 Å². The normalized spacial score (nSPS) is 23.7. The van der Waals surface area contributed by atoms with E-state index >= 15 is 0 Å². The van der Waals surface area contributed by atoms with E-state index in [1.807, 2.05) is 0 Å². The third kappa shape index (κ3) is 2.39. The quantitative estimate of drug-likeness (QED) is 0.863. The predicted molar refractivity (Wildman–Crippen MR) is 67.6 cm³/mol. The lowest BCUT2D eigenvalue weighted by Gasteiger charge is -2.17. The van der Waals surface area contributed by atoms with Gasteiger partial charge in [0, 0.05) is 18.5 Å². The molecule has 3 rings (SSSR count). The number of aromatic nitrogens is 1. The van der Waals surface area contributed by atoms with Crippen LogP contribution in [0.2, 0.25) is 0 Å². The molecule has 1 aliphatic carbocycles. The maximum absolute atomic E-state index is 12.6. The molecular formula is C14H15F3N2O2. The third-order valence-corrected chi connectivity index (χ3v) is 4.39. The summed E-state index contributed by atoms with van der Waals surface area (Å²) in [7, 11) is 0. The van der Waals surface area contributed by atoms with Crippen LogP contribution < -0.4 is 0 Å². The number of alkyl halides is 3. The standard InChI is InChI=1S/C14H15F3N2O2/c1-8-9(2-3-10(18-8)14(15,16)17)12(21)19-6-11(20)13(7-19)4-5-13/h2-3,11,20H,4-7H2,1H3. The van der Waals surface area contributed by atoms with Gasteiger partial charge >= 0.3 is 6.18 Å². The molecule has 1 spiro atoms. The Kier molecular flexibility index (Phi) is 3.02. The first-order chi connectivity index (χ1) is 9.73. The monoisotopic (exact) mass is 300 g/mol. The molecule has 0 radical (unpaired) electrons. The molecule has 0 bridgehead atoms. The summed E-state index contributed by atoms with van der Waals surface area (Å²) in [4.78, 5) is 17.4. The van der Waals surface area contributed by atoms with Gasteiger partial charge in [0.05, 0.1) is 17.4 Å². The van der Waals surface area contributed by atoms with Crippen molar-refractivity contribution in [2.75, 3.05) is 13.1 Å². The van der Waals surface area contributed by atoms with Crippen LogP contribution in [0.15, 0.2) is 12.1 Å². The number of hydrogen-bond donors (Lipinski definition) is 1. The van der Waals surface area contributed by atoms with Gasteiger partial charge in [0.1, 0.15) is 5.69 Å². The molecule has 1 aliphatic heterocycles. The number of pyridine rings is 1. The lowest BCUT2D eigenvalue weighted by molar-refractivity contribution is -0.141. The van der Waals surface area contributed by atoms with Crippen LogP contribution in [0, 0.1) is 12.3 Å². The van der Waals surface area contributed by atoms with Crippen LogP contribution in [0.1, 0.15) is 34.6 Å². The Morgan fingerprint density at radius 3 is 2.57 bits per heavy atom. The van der Waals surface area contributed by atoms with E-state index in [1.54, 1.807) is 0 Å². The highest BCUT2D eigenvalue weighted by atomic mass is 19.4. The van der Waals surface area contributed by atoms with E-state index in [0.29, 0.717) is 6.54 Å². The van der Waals surface area contributed by atoms with Crippen molar-refractivity contribution in [3.8, 4) is 0 Å². The number of amides is 1. The van der Waals surface area contributed by atoms with Crippen LogP contribution in [-0.4, -0.2) is 40.1 Å². The highest BCUT2D eigenvalue weighted by Crippen LogP contribution is 2.52. The zero-order valence-electron chi connectivity index (χ0n) is 11.4. The molecule has 4 nitrogen and oxygen atoms in total. The van der Waals surface area contributed by atoms with Crippen molar-refractivity contribution in [1.82, 2.24) is 9.88 Å². The van der Waals surface area contributed by atoms with Crippen molar-refractivity contribution in [3.63, 3.8) is 0 Å². The first-order valence-electron chi connectivity index (χ1n) is 6.75. The molecule has 2 fully saturated rings. The first-order valence-corrected chi connectivity index (χ1v) is 6.75. The summed E-state index contributed by atoms with van der Waals surface area (Å²) < 4.78 is 37.7. The second-order valence-electron chi connectivity index (χ2n) is 5.89. The van der Waals surface area contributed by atoms with Crippen molar-refractivity contribution in [1.29, 1.82) is 0 Å². The topological polar surface area (TPSA) is 53.4 Å². The molecule has 1 aromatic rings. The van der Waals surface area contributed by atoms with Gasteiger partial charge < -0.3 is 10.0 Å². The van der Waals surface area contributed by atoms with Crippen molar-refractivity contribution in [3.05, 3.63) is 29.1 Å². The van der Waals surface area contributed by atoms with E-state index in [9.17, 15) is 23.1 Å². The minimum Gasteiger partial charge on any atom is -0.391 e. The largest absolute Gasteiger partial charge is 0.433 e. The molecule has 21 heavy (non-hydrogen) atoms. The Labute approximate surface area is 119 Å². The molecule has 0 aromatic carbocycles. The molecule has 1 amide bonds. The van der Waals surface area contributed by atoms with Crippen molar-refractivity contribution in [2.24, 2.45) is 5.41 Å². The second kappa shape index (κ2) is 4.43. The van der Waals surface area contributed by atoms with Crippen molar-refractivity contribution >= 4 is 5.91 Å². The van der Waals surface area contributed by atoms with Gasteiger partial charge in [0.25, 0.3) is 5.91 Å². The average molecular weight is 300 g/mol. The van der Waals surface area contributed by atoms with Crippen LogP contribution in [0.5, 0.6) is 0 Å². The lowest BCUT2D eigenvalue weighted by Crippen LogP contribution is -2.30. The maximum atomic E-state index is 12.6. The first kappa shape index (κ1) is 14.3. The van der Waals surface area contributed by atoms with E-state index < -0.39 is 18.0 Å². The number of halogens is 3. The summed E-state index contributed by atoms with van der Waals surface area (Å²) in [6.07, 6.45) is -3.28. The average Bonchev–Trinajstić information content (AvgIpc) is 3.09. The van der Waals surface area contributed by atoms with E-state index in [0.717, 1.165) is 25.0 Å². The minimum absolute atomic E-state index is 0.0565. The molecular weight excluding hydrogens is 285 g/mol. The fourth-order valence-electron chi connectivity index (χ4n) is 2.87. The van der Waals surface area contributed by atoms with E-state index in [1.165, 1.54) is 11.8 Å². The number of aliphatic hydroxyl groups excluding tert-OH is 1. The Morgan fingerprint density at radius 2 is 2.10 bits per heavy atom. The smallest absolute Gasteiger partial charge is 0.391 e. The van der Waals surface area contributed by atoms with E-state index in [2.05, 4.69) is 4.98 Å². The fraction of sp³-hybridized carbons (Fsp3) is 0.571. The van der Waals surface area contributed by atoms with Crippen LogP contribution in [-0.2, 0) is 6.18 Å². The lowest BCUT2D eigenvalue weighted by atomic mass is 10.0. The Hall–Kier alpha value is -1.63. The van der Waals surface area contributed by atoms with Gasteiger partial charge in [-0.3, -0.25) is 4.79 Å². The van der Waals surface area contributed by atoms with Crippen molar-refractivity contribution < 1.29 is 23.1 Å². The molecule has 1 atom stereocenters. The van der Waals surface area contributed by atoms with Gasteiger partial charge in [-0.25, -0.2) is 4.98 Å². The van der Waals surface area contributed by atoms with E-state index in [4.69, 9.17) is 0 Å². The molecule has 1 aromatic heterocycles. The Morgan fingerprint density at radius 1 is 1.43 bits per heavy atom. The van der Waals surface area contributed by atoms with Gasteiger partial charge in [-0.15, -0.1) is 0 Å². The number of carbonyl (C=O) groups is 1. The zero-order valence-corrected chi connectivity index (χ0v) is 11.4. The third-order valence-electron chi connectivity index (χ3n) is 4.39. The highest BCUT2D eigenvalue weighted by molar-refractivity contribution is 5.95. The summed E-state index contributed by atoms with van der Waals surface area (Å²) in [6.45, 7) is 2.09. The minimum atomic E-state index is -4.52. The van der Waals surface area contributed by atoms with Crippen molar-refractivity contribution in [2.45, 2.75) is 32.0 Å². The number of carbonyl (C=O) groups excluding carboxylic acids is 1. The van der Waals surface area contributed by atoms with Gasteiger partial charge in [0.15, 0.2) is 0 Å². The number of rotatable bonds is 1. The number of likely N-dealkylation sites (tertiary alicyclic amines) is 1. The molecule has 2 aliphatic rings. The summed E-state index contributed by atoms with van der Waals surface area (Å²) in [5, 5.41) is 9.95. The maximum Gasteiger partial charge on any atom is 0.433 e. The second-order valence-corrected chi connectivity index (χ2v) is 5.89. The summed E-state index contributed by atoms with van der Waals surface area (Å²) in [5.74, 6) is -0.364. The van der Waals surface area contributed by atoms with E-state index in [-0.39, 0.29) is 29.1 Å². The Balaban J connectivity index is 1.82. The number of aliphatic hydroxyl groups is 1. The van der Waals surface area contributed by atoms with Crippen LogP contribution in [0.4, 0.5) is 13.2 Å². The number of aryl methyl sites for hydroxylation is 1. The summed E-state index contributed by atoms with van der Waals surface area (Å²) in [5.41, 5.74) is -0.964. The molecule has 114 valence electrons. The molecule has 1 N–H and O–H groups in total. The van der Waals surface area contributed by atoms with Crippen LogP contribution in [0.25, 0.3) is 0 Å². The van der Waals surface area contributed by atoms with Gasteiger partial charge in [-0.2, -0.15) is 13.2 Å². The zero-order chi connectivity index (χ0) is 15.4. The number of hydrogen-bond acceptors (Lipinski definition) is 3. The molecule has 1 saturated heterocycles. The van der Waals surface area contributed by atoms with Crippen LogP contribution >= 0.6 is 0 Å². The fourth-order valence-corrected chi connectivity index (χ4v) is 2.87. The predicted octanol–water partition coefficient (Wildman–Crippen LogP) is 2.01. The Bertz CT molecular complexity index is 596. The van der Waals surface area contributed by atoms with Crippen LogP contribution in [0.3, 0.4) is 0 Å².